The molecular formula is C13H15ClN6. The smallest absolute Gasteiger partial charge is 0.164 e. The SMILES string of the molecule is CC(C)C(C)n1cc(-c2nc(Cl)c3[nH]ncc3n2)cn1. The zero-order valence-electron chi connectivity index (χ0n) is 11.5. The molecule has 0 aromatic carbocycles. The highest BCUT2D eigenvalue weighted by Crippen LogP contribution is 2.24. The number of halogens is 1. The van der Waals surface area contributed by atoms with Gasteiger partial charge in [-0.2, -0.15) is 10.2 Å². The van der Waals surface area contributed by atoms with Crippen LogP contribution in [0, 0.1) is 5.92 Å². The topological polar surface area (TPSA) is 72.3 Å². The van der Waals surface area contributed by atoms with Crippen molar-refractivity contribution in [1.29, 1.82) is 0 Å². The number of rotatable bonds is 3. The summed E-state index contributed by atoms with van der Waals surface area (Å²) >= 11 is 6.12. The standard InChI is InChI=1S/C13H15ClN6/c1-7(2)8(3)20-6-9(4-16-20)13-17-10-5-15-19-11(10)12(14)18-13/h4-8H,1-3H3,(H,15,19). The van der Waals surface area contributed by atoms with Gasteiger partial charge in [-0.15, -0.1) is 0 Å². The number of hydrogen-bond donors (Lipinski definition) is 1. The van der Waals surface area contributed by atoms with E-state index in [1.54, 1.807) is 12.4 Å². The molecule has 0 fully saturated rings. The van der Waals surface area contributed by atoms with Crippen molar-refractivity contribution in [3.63, 3.8) is 0 Å². The van der Waals surface area contributed by atoms with Gasteiger partial charge in [-0.05, 0) is 12.8 Å². The van der Waals surface area contributed by atoms with Gasteiger partial charge in [-0.3, -0.25) is 9.78 Å². The lowest BCUT2D eigenvalue weighted by atomic mass is 10.1. The monoisotopic (exact) mass is 290 g/mol. The lowest BCUT2D eigenvalue weighted by Gasteiger charge is -2.15. The zero-order chi connectivity index (χ0) is 14.3. The molecule has 1 atom stereocenters. The third kappa shape index (κ3) is 2.16. The fourth-order valence-corrected chi connectivity index (χ4v) is 2.13. The second kappa shape index (κ2) is 4.86. The first kappa shape index (κ1) is 13.1. The maximum absolute atomic E-state index is 6.12. The van der Waals surface area contributed by atoms with Gasteiger partial charge in [0.2, 0.25) is 0 Å². The Labute approximate surface area is 121 Å². The summed E-state index contributed by atoms with van der Waals surface area (Å²) in [4.78, 5) is 8.73. The molecule has 20 heavy (non-hydrogen) atoms. The van der Waals surface area contributed by atoms with E-state index in [-0.39, 0.29) is 0 Å². The van der Waals surface area contributed by atoms with Crippen LogP contribution in [0.1, 0.15) is 26.8 Å². The van der Waals surface area contributed by atoms with Gasteiger partial charge in [0.1, 0.15) is 11.0 Å². The average molecular weight is 291 g/mol. The van der Waals surface area contributed by atoms with Crippen molar-refractivity contribution >= 4 is 22.6 Å². The number of aromatic nitrogens is 6. The Bertz CT molecular complexity index is 744. The molecule has 3 aromatic rings. The summed E-state index contributed by atoms with van der Waals surface area (Å²) in [6.45, 7) is 6.46. The Balaban J connectivity index is 2.03. The molecule has 3 heterocycles. The summed E-state index contributed by atoms with van der Waals surface area (Å²) in [5, 5.41) is 11.4. The first-order chi connectivity index (χ1) is 9.56. The van der Waals surface area contributed by atoms with Gasteiger partial charge in [0, 0.05) is 6.20 Å². The molecule has 0 amide bonds. The number of nitrogens with zero attached hydrogens (tertiary/aromatic N) is 5. The molecule has 7 heteroatoms. The fourth-order valence-electron chi connectivity index (χ4n) is 1.92. The van der Waals surface area contributed by atoms with Crippen LogP contribution in [0.15, 0.2) is 18.6 Å². The Hall–Kier alpha value is -1.95. The molecule has 0 radical (unpaired) electrons. The Morgan fingerprint density at radius 2 is 2.00 bits per heavy atom. The van der Waals surface area contributed by atoms with Crippen LogP contribution in [-0.2, 0) is 0 Å². The molecule has 104 valence electrons. The molecule has 0 saturated heterocycles. The minimum atomic E-state index is 0.317. The molecular weight excluding hydrogens is 276 g/mol. The first-order valence-corrected chi connectivity index (χ1v) is 6.85. The fraction of sp³-hybridized carbons (Fsp3) is 0.385. The van der Waals surface area contributed by atoms with Crippen LogP contribution in [0.5, 0.6) is 0 Å². The number of H-pyrrole nitrogens is 1. The van der Waals surface area contributed by atoms with Gasteiger partial charge >= 0.3 is 0 Å². The molecule has 0 spiro atoms. The third-order valence-corrected chi connectivity index (χ3v) is 3.77. The third-order valence-electron chi connectivity index (χ3n) is 3.50. The summed E-state index contributed by atoms with van der Waals surface area (Å²) in [5.74, 6) is 1.06. The summed E-state index contributed by atoms with van der Waals surface area (Å²) in [6, 6.07) is 0.317. The van der Waals surface area contributed by atoms with E-state index in [0.717, 1.165) is 5.56 Å². The van der Waals surface area contributed by atoms with Crippen molar-refractivity contribution in [3.05, 3.63) is 23.7 Å². The lowest BCUT2D eigenvalue weighted by Crippen LogP contribution is -2.11. The highest BCUT2D eigenvalue weighted by molar-refractivity contribution is 6.33. The largest absolute Gasteiger partial charge is 0.273 e. The Morgan fingerprint density at radius 1 is 1.20 bits per heavy atom. The predicted molar refractivity (Wildman–Crippen MR) is 77.5 cm³/mol. The molecule has 0 aliphatic carbocycles. The van der Waals surface area contributed by atoms with E-state index in [4.69, 9.17) is 11.6 Å². The van der Waals surface area contributed by atoms with Crippen molar-refractivity contribution in [1.82, 2.24) is 29.9 Å². The molecule has 1 unspecified atom stereocenters. The number of fused-ring (bicyclic) bond motifs is 1. The molecule has 0 aliphatic rings. The van der Waals surface area contributed by atoms with Crippen molar-refractivity contribution in [2.24, 2.45) is 5.92 Å². The van der Waals surface area contributed by atoms with Crippen LogP contribution in [0.2, 0.25) is 5.15 Å². The molecule has 3 rings (SSSR count). The van der Waals surface area contributed by atoms with E-state index in [0.29, 0.717) is 34.0 Å². The van der Waals surface area contributed by atoms with Crippen LogP contribution < -0.4 is 0 Å². The van der Waals surface area contributed by atoms with E-state index in [9.17, 15) is 0 Å². The van der Waals surface area contributed by atoms with Crippen molar-refractivity contribution in [2.75, 3.05) is 0 Å². The molecule has 1 N–H and O–H groups in total. The van der Waals surface area contributed by atoms with Gasteiger partial charge < -0.3 is 0 Å². The number of hydrogen-bond acceptors (Lipinski definition) is 4. The van der Waals surface area contributed by atoms with E-state index < -0.39 is 0 Å². The second-order valence-electron chi connectivity index (χ2n) is 5.16. The van der Waals surface area contributed by atoms with Crippen LogP contribution in [-0.4, -0.2) is 29.9 Å². The molecule has 6 nitrogen and oxygen atoms in total. The zero-order valence-corrected chi connectivity index (χ0v) is 12.3. The summed E-state index contributed by atoms with van der Waals surface area (Å²) in [7, 11) is 0. The van der Waals surface area contributed by atoms with Gasteiger partial charge in [0.15, 0.2) is 11.0 Å². The van der Waals surface area contributed by atoms with E-state index in [1.165, 1.54) is 0 Å². The Morgan fingerprint density at radius 3 is 2.75 bits per heavy atom. The van der Waals surface area contributed by atoms with Crippen LogP contribution in [0.3, 0.4) is 0 Å². The molecule has 3 aromatic heterocycles. The highest BCUT2D eigenvalue weighted by atomic mass is 35.5. The minimum absolute atomic E-state index is 0.317. The highest BCUT2D eigenvalue weighted by Gasteiger charge is 2.14. The van der Waals surface area contributed by atoms with Crippen molar-refractivity contribution in [3.8, 4) is 11.4 Å². The van der Waals surface area contributed by atoms with Gasteiger partial charge in [0.25, 0.3) is 0 Å². The summed E-state index contributed by atoms with van der Waals surface area (Å²) in [5.41, 5.74) is 2.20. The van der Waals surface area contributed by atoms with Gasteiger partial charge in [-0.25, -0.2) is 9.97 Å². The molecule has 0 aliphatic heterocycles. The van der Waals surface area contributed by atoms with Crippen LogP contribution >= 0.6 is 11.6 Å². The summed E-state index contributed by atoms with van der Waals surface area (Å²) < 4.78 is 1.93. The number of aromatic amines is 1. The maximum Gasteiger partial charge on any atom is 0.164 e. The Kier molecular flexibility index (Phi) is 3.17. The van der Waals surface area contributed by atoms with Crippen LogP contribution in [0.25, 0.3) is 22.4 Å². The minimum Gasteiger partial charge on any atom is -0.273 e. The van der Waals surface area contributed by atoms with Gasteiger partial charge in [-0.1, -0.05) is 25.4 Å². The van der Waals surface area contributed by atoms with E-state index in [1.807, 2.05) is 10.9 Å². The second-order valence-corrected chi connectivity index (χ2v) is 5.52. The molecule has 0 bridgehead atoms. The van der Waals surface area contributed by atoms with Crippen LogP contribution in [0.4, 0.5) is 0 Å². The number of nitrogens with one attached hydrogen (secondary N) is 1. The predicted octanol–water partition coefficient (Wildman–Crippen LogP) is 3.09. The lowest BCUT2D eigenvalue weighted by molar-refractivity contribution is 0.375. The summed E-state index contributed by atoms with van der Waals surface area (Å²) in [6.07, 6.45) is 5.34. The van der Waals surface area contributed by atoms with Crippen molar-refractivity contribution < 1.29 is 0 Å². The van der Waals surface area contributed by atoms with E-state index >= 15 is 0 Å². The average Bonchev–Trinajstić information content (AvgIpc) is 3.06. The molecule has 0 saturated carbocycles. The maximum atomic E-state index is 6.12. The van der Waals surface area contributed by atoms with Crippen molar-refractivity contribution in [2.45, 2.75) is 26.8 Å². The first-order valence-electron chi connectivity index (χ1n) is 6.47. The van der Waals surface area contributed by atoms with E-state index in [2.05, 4.69) is 46.0 Å². The normalized spacial score (nSPS) is 13.2. The quantitative estimate of drug-likeness (QED) is 0.752. The van der Waals surface area contributed by atoms with Gasteiger partial charge in [0.05, 0.1) is 24.0 Å².